The molecule has 1 atom stereocenters. The summed E-state index contributed by atoms with van der Waals surface area (Å²) in [4.78, 5) is 43.0. The number of nitrogens with zero attached hydrogens (tertiary/aromatic N) is 3. The highest BCUT2D eigenvalue weighted by Gasteiger charge is 2.29. The molecule has 192 valence electrons. The van der Waals surface area contributed by atoms with Gasteiger partial charge in [-0.15, -0.1) is 0 Å². The van der Waals surface area contributed by atoms with Crippen LogP contribution in [-0.2, 0) is 9.59 Å². The molecule has 0 radical (unpaired) electrons. The number of rotatable bonds is 10. The molecule has 2 amide bonds. The van der Waals surface area contributed by atoms with Gasteiger partial charge in [-0.1, -0.05) is 42.5 Å². The van der Waals surface area contributed by atoms with Gasteiger partial charge in [-0.2, -0.15) is 5.10 Å². The summed E-state index contributed by atoms with van der Waals surface area (Å²) < 4.78 is 6.78. The van der Waals surface area contributed by atoms with Crippen LogP contribution < -0.4 is 15.4 Å². The minimum absolute atomic E-state index is 0.0632. The highest BCUT2D eigenvalue weighted by molar-refractivity contribution is 6.36. The van der Waals surface area contributed by atoms with E-state index in [1.807, 2.05) is 36.4 Å². The Kier molecular flexibility index (Phi) is 7.26. The largest absolute Gasteiger partial charge is 0.497 e. The average Bonchev–Trinajstić information content (AvgIpc) is 3.64. The topological polar surface area (TPSA) is 115 Å². The van der Waals surface area contributed by atoms with Gasteiger partial charge < -0.3 is 15.4 Å². The summed E-state index contributed by atoms with van der Waals surface area (Å²) in [5, 5.41) is 10.3. The van der Waals surface area contributed by atoms with Crippen LogP contribution in [0.4, 0.5) is 0 Å². The van der Waals surface area contributed by atoms with Gasteiger partial charge in [-0.05, 0) is 48.7 Å². The number of ketones is 1. The van der Waals surface area contributed by atoms with Gasteiger partial charge in [-0.3, -0.25) is 14.4 Å². The molecule has 5 rings (SSSR count). The van der Waals surface area contributed by atoms with E-state index in [1.165, 1.54) is 0 Å². The van der Waals surface area contributed by atoms with E-state index in [-0.39, 0.29) is 18.0 Å². The van der Waals surface area contributed by atoms with E-state index in [1.54, 1.807) is 60.6 Å². The highest BCUT2D eigenvalue weighted by atomic mass is 16.5. The normalized spacial score (nSPS) is 13.4. The van der Waals surface area contributed by atoms with Gasteiger partial charge in [0.05, 0.1) is 24.4 Å². The fraction of sp³-hybridized carbons (Fsp3) is 0.207. The third-order valence-electron chi connectivity index (χ3n) is 6.29. The van der Waals surface area contributed by atoms with Crippen LogP contribution in [0.15, 0.2) is 85.2 Å². The first kappa shape index (κ1) is 24.9. The average molecular weight is 510 g/mol. The van der Waals surface area contributed by atoms with Crippen molar-refractivity contribution >= 4 is 17.6 Å². The lowest BCUT2D eigenvalue weighted by atomic mass is 10.00. The van der Waals surface area contributed by atoms with Crippen molar-refractivity contribution in [1.82, 2.24) is 25.4 Å². The summed E-state index contributed by atoms with van der Waals surface area (Å²) >= 11 is 0. The Morgan fingerprint density at radius 2 is 1.76 bits per heavy atom. The molecule has 1 saturated carbocycles. The Balaban J connectivity index is 1.40. The van der Waals surface area contributed by atoms with Crippen LogP contribution >= 0.6 is 0 Å². The predicted octanol–water partition coefficient (Wildman–Crippen LogP) is 3.65. The second-order valence-electron chi connectivity index (χ2n) is 9.06. The summed E-state index contributed by atoms with van der Waals surface area (Å²) in [6, 6.07) is 21.2. The lowest BCUT2D eigenvalue weighted by Crippen LogP contribution is -2.37. The Morgan fingerprint density at radius 3 is 2.47 bits per heavy atom. The van der Waals surface area contributed by atoms with Crippen LogP contribution in [0, 0.1) is 0 Å². The summed E-state index contributed by atoms with van der Waals surface area (Å²) in [5.41, 5.74) is 2.63. The highest BCUT2D eigenvalue weighted by Crippen LogP contribution is 2.24. The molecule has 0 aliphatic heterocycles. The number of nitrogens with one attached hydrogen (secondary N) is 2. The van der Waals surface area contributed by atoms with E-state index in [4.69, 9.17) is 4.74 Å². The molecule has 38 heavy (non-hydrogen) atoms. The molecule has 1 fully saturated rings. The fourth-order valence-corrected chi connectivity index (χ4v) is 4.06. The van der Waals surface area contributed by atoms with Crippen molar-refractivity contribution in [2.45, 2.75) is 31.3 Å². The number of carbonyl (C=O) groups excluding carboxylic acids is 3. The van der Waals surface area contributed by atoms with Gasteiger partial charge in [0.1, 0.15) is 5.75 Å². The lowest BCUT2D eigenvalue weighted by Gasteiger charge is -2.20. The monoisotopic (exact) mass is 509 g/mol. The van der Waals surface area contributed by atoms with Crippen LogP contribution in [0.3, 0.4) is 0 Å². The van der Waals surface area contributed by atoms with E-state index in [2.05, 4.69) is 20.7 Å². The molecular weight excluding hydrogens is 482 g/mol. The van der Waals surface area contributed by atoms with Crippen LogP contribution in [0.1, 0.15) is 41.2 Å². The fourth-order valence-electron chi connectivity index (χ4n) is 4.06. The third kappa shape index (κ3) is 5.78. The molecule has 9 heteroatoms. The zero-order chi connectivity index (χ0) is 26.5. The van der Waals surface area contributed by atoms with E-state index in [0.717, 1.165) is 24.1 Å². The van der Waals surface area contributed by atoms with Gasteiger partial charge in [0.2, 0.25) is 5.78 Å². The minimum atomic E-state index is -0.739. The molecule has 1 unspecified atom stereocenters. The summed E-state index contributed by atoms with van der Waals surface area (Å²) in [7, 11) is 1.56. The number of hydrogen-bond donors (Lipinski definition) is 2. The van der Waals surface area contributed by atoms with Gasteiger partial charge in [-0.25, -0.2) is 9.67 Å². The van der Waals surface area contributed by atoms with E-state index < -0.39 is 23.6 Å². The van der Waals surface area contributed by atoms with Gasteiger partial charge in [0.25, 0.3) is 11.8 Å². The number of hydrogen-bond acceptors (Lipinski definition) is 6. The molecule has 2 aromatic heterocycles. The molecule has 0 bridgehead atoms. The molecule has 2 heterocycles. The second-order valence-corrected chi connectivity index (χ2v) is 9.06. The zero-order valence-corrected chi connectivity index (χ0v) is 20.8. The van der Waals surface area contributed by atoms with E-state index in [0.29, 0.717) is 17.1 Å². The van der Waals surface area contributed by atoms with Crippen LogP contribution in [0.2, 0.25) is 0 Å². The number of methoxy groups -OCH3 is 1. The van der Waals surface area contributed by atoms with Crippen LogP contribution in [-0.4, -0.2) is 45.5 Å². The smallest absolute Gasteiger partial charge is 0.287 e. The van der Waals surface area contributed by atoms with Crippen molar-refractivity contribution in [3.8, 4) is 22.8 Å². The first-order chi connectivity index (χ1) is 18.5. The lowest BCUT2D eigenvalue weighted by molar-refractivity contribution is -0.138. The number of ether oxygens (including phenoxy) is 1. The first-order valence-corrected chi connectivity index (χ1v) is 12.4. The molecule has 1 aliphatic rings. The van der Waals surface area contributed by atoms with E-state index in [9.17, 15) is 14.4 Å². The van der Waals surface area contributed by atoms with Crippen molar-refractivity contribution in [3.63, 3.8) is 0 Å². The predicted molar refractivity (Wildman–Crippen MR) is 141 cm³/mol. The maximum atomic E-state index is 13.5. The van der Waals surface area contributed by atoms with Crippen molar-refractivity contribution in [2.24, 2.45) is 0 Å². The molecule has 2 N–H and O–H groups in total. The molecule has 0 spiro atoms. The number of carbonyl (C=O) groups is 3. The summed E-state index contributed by atoms with van der Waals surface area (Å²) in [6.07, 6.45) is 4.89. The standard InChI is InChI=1S/C29H27N5O4/c1-38-22-13-9-20(10-14-22)25(18-26(35)29(37)31-21-11-12-21)32-28(36)23-8-5-16-30-27(23)34-17-15-24(33-34)19-6-3-2-4-7-19/h2-10,13-17,21,25H,11-12,18H2,1H3,(H,31,37)(H,32,36). The van der Waals surface area contributed by atoms with Crippen molar-refractivity contribution in [2.75, 3.05) is 7.11 Å². The van der Waals surface area contributed by atoms with Gasteiger partial charge >= 0.3 is 0 Å². The number of Topliss-reactive ketones (excluding diaryl/α,β-unsaturated/α-hetero) is 1. The molecular formula is C29H27N5O4. The second kappa shape index (κ2) is 11.1. The SMILES string of the molecule is COc1ccc(C(CC(=O)C(=O)NC2CC2)NC(=O)c2cccnc2-n2ccc(-c3ccccc3)n2)cc1. The Hall–Kier alpha value is -4.79. The third-order valence-corrected chi connectivity index (χ3v) is 6.29. The minimum Gasteiger partial charge on any atom is -0.497 e. The van der Waals surface area contributed by atoms with E-state index >= 15 is 0 Å². The first-order valence-electron chi connectivity index (χ1n) is 12.4. The van der Waals surface area contributed by atoms with Crippen LogP contribution in [0.5, 0.6) is 5.75 Å². The number of benzene rings is 2. The Bertz CT molecular complexity index is 1450. The quantitative estimate of drug-likeness (QED) is 0.315. The molecule has 0 saturated heterocycles. The number of aromatic nitrogens is 3. The maximum Gasteiger partial charge on any atom is 0.287 e. The number of amides is 2. The number of pyridine rings is 1. The molecule has 4 aromatic rings. The molecule has 2 aromatic carbocycles. The zero-order valence-electron chi connectivity index (χ0n) is 20.8. The van der Waals surface area contributed by atoms with Crippen molar-refractivity contribution in [3.05, 3.63) is 96.3 Å². The Labute approximate surface area is 219 Å². The maximum absolute atomic E-state index is 13.5. The van der Waals surface area contributed by atoms with Gasteiger partial charge in [0, 0.05) is 30.4 Å². The van der Waals surface area contributed by atoms with Gasteiger partial charge in [0.15, 0.2) is 5.82 Å². The van der Waals surface area contributed by atoms with Crippen LogP contribution in [0.25, 0.3) is 17.1 Å². The summed E-state index contributed by atoms with van der Waals surface area (Å²) in [5.74, 6) is -0.685. The molecule has 9 nitrogen and oxygen atoms in total. The van der Waals surface area contributed by atoms with Crippen molar-refractivity contribution < 1.29 is 19.1 Å². The Morgan fingerprint density at radius 1 is 1.00 bits per heavy atom. The summed E-state index contributed by atoms with van der Waals surface area (Å²) in [6.45, 7) is 0. The van der Waals surface area contributed by atoms with Crippen molar-refractivity contribution in [1.29, 1.82) is 0 Å². The molecule has 1 aliphatic carbocycles.